The van der Waals surface area contributed by atoms with E-state index in [0.29, 0.717) is 5.69 Å². The average Bonchev–Trinajstić information content (AvgIpc) is 2.58. The molecule has 2 aromatic rings. The second-order valence-electron chi connectivity index (χ2n) is 4.45. The van der Waals surface area contributed by atoms with Crippen LogP contribution in [-0.2, 0) is 0 Å². The SMILES string of the molecule is COc1ccc2c(c1)C=Nc1cc(F)cc(C)c1N2. The highest BCUT2D eigenvalue weighted by molar-refractivity contribution is 5.96. The van der Waals surface area contributed by atoms with Gasteiger partial charge in [-0.2, -0.15) is 0 Å². The van der Waals surface area contributed by atoms with Crippen LogP contribution in [0.25, 0.3) is 0 Å². The van der Waals surface area contributed by atoms with E-state index in [1.165, 1.54) is 12.1 Å². The van der Waals surface area contributed by atoms with Crippen molar-refractivity contribution in [3.63, 3.8) is 0 Å². The van der Waals surface area contributed by atoms with Gasteiger partial charge < -0.3 is 10.1 Å². The summed E-state index contributed by atoms with van der Waals surface area (Å²) in [6.07, 6.45) is 1.72. The first kappa shape index (κ1) is 11.7. The van der Waals surface area contributed by atoms with Gasteiger partial charge in [0.15, 0.2) is 0 Å². The Balaban J connectivity index is 2.15. The van der Waals surface area contributed by atoms with Gasteiger partial charge in [-0.3, -0.25) is 4.99 Å². The first-order valence-electron chi connectivity index (χ1n) is 5.96. The predicted molar refractivity (Wildman–Crippen MR) is 74.7 cm³/mol. The van der Waals surface area contributed by atoms with E-state index in [9.17, 15) is 4.39 Å². The molecule has 3 rings (SSSR count). The van der Waals surface area contributed by atoms with E-state index in [2.05, 4.69) is 10.3 Å². The zero-order valence-corrected chi connectivity index (χ0v) is 10.7. The van der Waals surface area contributed by atoms with E-state index >= 15 is 0 Å². The Morgan fingerprint density at radius 3 is 2.84 bits per heavy atom. The van der Waals surface area contributed by atoms with Crippen LogP contribution in [0, 0.1) is 12.7 Å². The molecule has 4 heteroatoms. The molecule has 0 saturated carbocycles. The molecule has 0 radical (unpaired) electrons. The summed E-state index contributed by atoms with van der Waals surface area (Å²) in [6, 6.07) is 8.62. The van der Waals surface area contributed by atoms with E-state index in [4.69, 9.17) is 4.74 Å². The van der Waals surface area contributed by atoms with Gasteiger partial charge in [0, 0.05) is 23.5 Å². The molecular formula is C15H13FN2O. The van der Waals surface area contributed by atoms with Crippen LogP contribution in [0.3, 0.4) is 0 Å². The summed E-state index contributed by atoms with van der Waals surface area (Å²) in [5.41, 5.74) is 4.11. The quantitative estimate of drug-likeness (QED) is 0.715. The molecule has 1 aliphatic heterocycles. The molecule has 0 bridgehead atoms. The number of benzene rings is 2. The van der Waals surface area contributed by atoms with Gasteiger partial charge in [0.1, 0.15) is 11.6 Å². The number of nitrogens with one attached hydrogen (secondary N) is 1. The Bertz CT molecular complexity index is 680. The molecule has 0 fully saturated rings. The van der Waals surface area contributed by atoms with Crippen molar-refractivity contribution in [3.05, 3.63) is 47.3 Å². The van der Waals surface area contributed by atoms with Crippen molar-refractivity contribution in [1.29, 1.82) is 0 Å². The van der Waals surface area contributed by atoms with Crippen molar-refractivity contribution in [2.45, 2.75) is 6.92 Å². The molecule has 2 aromatic carbocycles. The lowest BCUT2D eigenvalue weighted by Crippen LogP contribution is -1.96. The van der Waals surface area contributed by atoms with Crippen molar-refractivity contribution in [2.75, 3.05) is 12.4 Å². The molecule has 3 nitrogen and oxygen atoms in total. The summed E-state index contributed by atoms with van der Waals surface area (Å²) in [5.74, 6) is 0.486. The first-order valence-corrected chi connectivity index (χ1v) is 5.96. The molecule has 0 unspecified atom stereocenters. The van der Waals surface area contributed by atoms with Crippen LogP contribution in [0.4, 0.5) is 21.5 Å². The Kier molecular flexibility index (Phi) is 2.71. The van der Waals surface area contributed by atoms with Crippen LogP contribution < -0.4 is 10.1 Å². The van der Waals surface area contributed by atoms with Crippen molar-refractivity contribution >= 4 is 23.3 Å². The minimum Gasteiger partial charge on any atom is -0.497 e. The Morgan fingerprint density at radius 2 is 2.05 bits per heavy atom. The molecule has 19 heavy (non-hydrogen) atoms. The van der Waals surface area contributed by atoms with Gasteiger partial charge in [-0.1, -0.05) is 0 Å². The number of nitrogens with zero attached hydrogens (tertiary/aromatic N) is 1. The van der Waals surface area contributed by atoms with Crippen LogP contribution in [-0.4, -0.2) is 13.3 Å². The van der Waals surface area contributed by atoms with Crippen LogP contribution in [0.1, 0.15) is 11.1 Å². The van der Waals surface area contributed by atoms with Gasteiger partial charge in [-0.15, -0.1) is 0 Å². The first-order chi connectivity index (χ1) is 9.17. The molecule has 0 aliphatic carbocycles. The largest absolute Gasteiger partial charge is 0.497 e. The second kappa shape index (κ2) is 4.39. The molecule has 0 amide bonds. The number of ether oxygens (including phenoxy) is 1. The molecule has 1 N–H and O–H groups in total. The highest BCUT2D eigenvalue weighted by Crippen LogP contribution is 2.36. The lowest BCUT2D eigenvalue weighted by molar-refractivity contribution is 0.415. The zero-order valence-electron chi connectivity index (χ0n) is 10.7. The minimum atomic E-state index is -0.279. The second-order valence-corrected chi connectivity index (χ2v) is 4.45. The van der Waals surface area contributed by atoms with Gasteiger partial charge in [-0.05, 0) is 36.8 Å². The van der Waals surface area contributed by atoms with E-state index < -0.39 is 0 Å². The predicted octanol–water partition coefficient (Wildman–Crippen LogP) is 3.95. The summed E-state index contributed by atoms with van der Waals surface area (Å²) in [7, 11) is 1.62. The highest BCUT2D eigenvalue weighted by atomic mass is 19.1. The number of fused-ring (bicyclic) bond motifs is 2. The third-order valence-corrected chi connectivity index (χ3v) is 3.14. The van der Waals surface area contributed by atoms with Crippen molar-refractivity contribution < 1.29 is 9.13 Å². The average molecular weight is 256 g/mol. The Labute approximate surface area is 110 Å². The summed E-state index contributed by atoms with van der Waals surface area (Å²) < 4.78 is 18.6. The molecule has 1 aliphatic rings. The lowest BCUT2D eigenvalue weighted by Gasteiger charge is -2.12. The van der Waals surface area contributed by atoms with E-state index in [0.717, 1.165) is 28.3 Å². The van der Waals surface area contributed by atoms with Gasteiger partial charge in [0.05, 0.1) is 18.5 Å². The third kappa shape index (κ3) is 2.05. The standard InChI is InChI=1S/C15H13FN2O/c1-9-5-11(16)7-14-15(9)18-13-4-3-12(19-2)6-10(13)8-17-14/h3-8,18H,1-2H3. The van der Waals surface area contributed by atoms with Crippen molar-refractivity contribution in [3.8, 4) is 5.75 Å². The molecule has 1 heterocycles. The van der Waals surface area contributed by atoms with Crippen LogP contribution >= 0.6 is 0 Å². The molecule has 0 spiro atoms. The van der Waals surface area contributed by atoms with Crippen molar-refractivity contribution in [2.24, 2.45) is 4.99 Å². The zero-order chi connectivity index (χ0) is 13.4. The molecular weight excluding hydrogens is 243 g/mol. The van der Waals surface area contributed by atoms with Gasteiger partial charge in [-0.25, -0.2) is 4.39 Å². The van der Waals surface area contributed by atoms with E-state index in [1.54, 1.807) is 13.3 Å². The Morgan fingerprint density at radius 1 is 1.21 bits per heavy atom. The topological polar surface area (TPSA) is 33.6 Å². The number of halogens is 1. The molecule has 0 saturated heterocycles. The van der Waals surface area contributed by atoms with E-state index in [-0.39, 0.29) is 5.82 Å². The summed E-state index contributed by atoms with van der Waals surface area (Å²) in [5, 5.41) is 3.30. The number of aryl methyl sites for hydroxylation is 1. The van der Waals surface area contributed by atoms with E-state index in [1.807, 2.05) is 25.1 Å². The normalized spacial score (nSPS) is 12.2. The molecule has 96 valence electrons. The fourth-order valence-electron chi connectivity index (χ4n) is 2.15. The number of hydrogen-bond acceptors (Lipinski definition) is 3. The minimum absolute atomic E-state index is 0.279. The number of rotatable bonds is 1. The maximum Gasteiger partial charge on any atom is 0.125 e. The molecule has 0 aromatic heterocycles. The number of anilines is 2. The van der Waals surface area contributed by atoms with Gasteiger partial charge in [0.2, 0.25) is 0 Å². The lowest BCUT2D eigenvalue weighted by atomic mass is 10.1. The van der Waals surface area contributed by atoms with Crippen molar-refractivity contribution in [1.82, 2.24) is 0 Å². The number of methoxy groups -OCH3 is 1. The summed E-state index contributed by atoms with van der Waals surface area (Å²) >= 11 is 0. The van der Waals surface area contributed by atoms with Gasteiger partial charge >= 0.3 is 0 Å². The highest BCUT2D eigenvalue weighted by Gasteiger charge is 2.13. The smallest absolute Gasteiger partial charge is 0.125 e. The monoisotopic (exact) mass is 256 g/mol. The van der Waals surface area contributed by atoms with Crippen LogP contribution in [0.15, 0.2) is 35.3 Å². The van der Waals surface area contributed by atoms with Crippen LogP contribution in [0.5, 0.6) is 5.75 Å². The fourth-order valence-corrected chi connectivity index (χ4v) is 2.15. The number of aliphatic imine (C=N–C) groups is 1. The van der Waals surface area contributed by atoms with Gasteiger partial charge in [0.25, 0.3) is 0 Å². The fraction of sp³-hybridized carbons (Fsp3) is 0.133. The maximum atomic E-state index is 13.4. The van der Waals surface area contributed by atoms with Crippen LogP contribution in [0.2, 0.25) is 0 Å². The summed E-state index contributed by atoms with van der Waals surface area (Å²) in [6.45, 7) is 1.86. The third-order valence-electron chi connectivity index (χ3n) is 3.14. The summed E-state index contributed by atoms with van der Waals surface area (Å²) in [4.78, 5) is 4.34. The Hall–Kier alpha value is -2.36. The molecule has 0 atom stereocenters. The number of hydrogen-bond donors (Lipinski definition) is 1. The maximum absolute atomic E-state index is 13.4.